The summed E-state index contributed by atoms with van der Waals surface area (Å²) in [5.74, 6) is 0.202. The molecule has 0 aliphatic rings. The van der Waals surface area contributed by atoms with Gasteiger partial charge in [0, 0.05) is 12.1 Å². The van der Waals surface area contributed by atoms with Crippen molar-refractivity contribution >= 4 is 0 Å². The van der Waals surface area contributed by atoms with Crippen molar-refractivity contribution in [3.63, 3.8) is 0 Å². The van der Waals surface area contributed by atoms with Crippen molar-refractivity contribution in [1.29, 1.82) is 0 Å². The molecule has 1 aromatic rings. The summed E-state index contributed by atoms with van der Waals surface area (Å²) in [6, 6.07) is 4.83. The van der Waals surface area contributed by atoms with E-state index >= 15 is 0 Å². The topological polar surface area (TPSA) is 32.7 Å². The molecular formula is C13H18F3NO2. The molecule has 1 N–H and O–H groups in total. The first-order valence-corrected chi connectivity index (χ1v) is 6.10. The molecule has 19 heavy (non-hydrogen) atoms. The van der Waals surface area contributed by atoms with E-state index in [2.05, 4.69) is 0 Å². The molecule has 1 aromatic carbocycles. The summed E-state index contributed by atoms with van der Waals surface area (Å²) in [4.78, 5) is 1.21. The number of alkyl halides is 3. The van der Waals surface area contributed by atoms with E-state index in [1.807, 2.05) is 0 Å². The predicted octanol–water partition coefficient (Wildman–Crippen LogP) is 3.18. The van der Waals surface area contributed by atoms with Gasteiger partial charge in [0.15, 0.2) is 11.5 Å². The first-order valence-electron chi connectivity index (χ1n) is 6.10. The van der Waals surface area contributed by atoms with Gasteiger partial charge in [-0.15, -0.1) is 0 Å². The highest BCUT2D eigenvalue weighted by Gasteiger charge is 2.30. The van der Waals surface area contributed by atoms with Crippen LogP contribution in [0.15, 0.2) is 18.2 Å². The van der Waals surface area contributed by atoms with Crippen LogP contribution in [0.1, 0.15) is 19.4 Å². The monoisotopic (exact) mass is 277 g/mol. The second kappa shape index (κ2) is 6.65. The third kappa shape index (κ3) is 4.98. The van der Waals surface area contributed by atoms with Gasteiger partial charge in [0.1, 0.15) is 0 Å². The molecule has 0 amide bonds. The van der Waals surface area contributed by atoms with Crippen molar-refractivity contribution in [2.24, 2.45) is 0 Å². The summed E-state index contributed by atoms with van der Waals surface area (Å²) in [6.45, 7) is 3.09. The van der Waals surface area contributed by atoms with E-state index in [0.717, 1.165) is 0 Å². The Bertz CT molecular complexity index is 407. The highest BCUT2D eigenvalue weighted by molar-refractivity contribution is 5.45. The molecule has 0 saturated carbocycles. The zero-order chi connectivity index (χ0) is 14.5. The summed E-state index contributed by atoms with van der Waals surface area (Å²) >= 11 is 0. The number of aromatic hydroxyl groups is 1. The standard InChI is InChI=1S/C13H18F3NO2/c1-3-17(9-13(14,15)16)8-10-6-5-7-11(12(10)18)19-4-2/h5-7,18H,3-4,8-9H2,1-2H3. The van der Waals surface area contributed by atoms with Gasteiger partial charge >= 0.3 is 6.18 Å². The van der Waals surface area contributed by atoms with Crippen molar-refractivity contribution in [3.05, 3.63) is 23.8 Å². The van der Waals surface area contributed by atoms with E-state index < -0.39 is 12.7 Å². The summed E-state index contributed by atoms with van der Waals surface area (Å²) in [5.41, 5.74) is 0.428. The number of rotatable bonds is 6. The van der Waals surface area contributed by atoms with Crippen molar-refractivity contribution in [3.8, 4) is 11.5 Å². The van der Waals surface area contributed by atoms with Gasteiger partial charge in [0.25, 0.3) is 0 Å². The van der Waals surface area contributed by atoms with E-state index in [1.54, 1.807) is 32.0 Å². The summed E-state index contributed by atoms with van der Waals surface area (Å²) in [6.07, 6.45) is -4.25. The van der Waals surface area contributed by atoms with Gasteiger partial charge in [-0.25, -0.2) is 0 Å². The molecule has 0 radical (unpaired) electrons. The maximum Gasteiger partial charge on any atom is 0.401 e. The Morgan fingerprint density at radius 2 is 1.95 bits per heavy atom. The van der Waals surface area contributed by atoms with Crippen molar-refractivity contribution in [2.45, 2.75) is 26.6 Å². The minimum absolute atomic E-state index is 0.0305. The Balaban J connectivity index is 2.82. The number of benzene rings is 1. The lowest BCUT2D eigenvalue weighted by molar-refractivity contribution is -0.146. The van der Waals surface area contributed by atoms with Crippen LogP contribution < -0.4 is 4.74 Å². The summed E-state index contributed by atoms with van der Waals surface area (Å²) < 4.78 is 42.3. The third-order valence-electron chi connectivity index (χ3n) is 2.63. The van der Waals surface area contributed by atoms with Crippen LogP contribution in [-0.4, -0.2) is 35.9 Å². The minimum Gasteiger partial charge on any atom is -0.504 e. The van der Waals surface area contributed by atoms with Gasteiger partial charge in [-0.3, -0.25) is 4.90 Å². The molecule has 6 heteroatoms. The first kappa shape index (κ1) is 15.6. The lowest BCUT2D eigenvalue weighted by Crippen LogP contribution is -2.33. The van der Waals surface area contributed by atoms with Crippen molar-refractivity contribution < 1.29 is 23.0 Å². The van der Waals surface area contributed by atoms with Crippen LogP contribution in [0.25, 0.3) is 0 Å². The van der Waals surface area contributed by atoms with E-state index in [1.165, 1.54) is 4.90 Å². The average molecular weight is 277 g/mol. The van der Waals surface area contributed by atoms with Crippen LogP contribution in [-0.2, 0) is 6.54 Å². The summed E-state index contributed by atoms with van der Waals surface area (Å²) in [5, 5.41) is 9.93. The molecule has 0 aromatic heterocycles. The van der Waals surface area contributed by atoms with Crippen LogP contribution >= 0.6 is 0 Å². The second-order valence-corrected chi connectivity index (χ2v) is 4.12. The molecule has 0 spiro atoms. The normalized spacial score (nSPS) is 11.9. The number of hydrogen-bond donors (Lipinski definition) is 1. The Kier molecular flexibility index (Phi) is 5.47. The summed E-state index contributed by atoms with van der Waals surface area (Å²) in [7, 11) is 0. The Labute approximate surface area is 110 Å². The van der Waals surface area contributed by atoms with Gasteiger partial charge in [-0.2, -0.15) is 13.2 Å². The Hall–Kier alpha value is -1.43. The molecule has 0 atom stereocenters. The first-order chi connectivity index (χ1) is 8.87. The SMILES string of the molecule is CCOc1cccc(CN(CC)CC(F)(F)F)c1O. The maximum absolute atomic E-state index is 12.4. The molecule has 0 unspecified atom stereocenters. The maximum atomic E-state index is 12.4. The number of ether oxygens (including phenoxy) is 1. The molecule has 0 heterocycles. The van der Waals surface area contributed by atoms with Crippen LogP contribution in [0.3, 0.4) is 0 Å². The molecule has 108 valence electrons. The van der Waals surface area contributed by atoms with Gasteiger partial charge in [-0.1, -0.05) is 19.1 Å². The van der Waals surface area contributed by atoms with Crippen molar-refractivity contribution in [1.82, 2.24) is 4.90 Å². The number of halogens is 3. The van der Waals surface area contributed by atoms with Gasteiger partial charge in [0.2, 0.25) is 0 Å². The van der Waals surface area contributed by atoms with Gasteiger partial charge < -0.3 is 9.84 Å². The quantitative estimate of drug-likeness (QED) is 0.867. The van der Waals surface area contributed by atoms with E-state index in [9.17, 15) is 18.3 Å². The average Bonchev–Trinajstić information content (AvgIpc) is 2.32. The number of nitrogens with zero attached hydrogens (tertiary/aromatic N) is 1. The highest BCUT2D eigenvalue weighted by Crippen LogP contribution is 2.31. The van der Waals surface area contributed by atoms with Gasteiger partial charge in [0.05, 0.1) is 13.2 Å². The van der Waals surface area contributed by atoms with Gasteiger partial charge in [-0.05, 0) is 19.5 Å². The van der Waals surface area contributed by atoms with Crippen LogP contribution in [0.2, 0.25) is 0 Å². The lowest BCUT2D eigenvalue weighted by atomic mass is 10.1. The zero-order valence-electron chi connectivity index (χ0n) is 11.0. The molecule has 0 aliphatic carbocycles. The fraction of sp³-hybridized carbons (Fsp3) is 0.538. The molecular weight excluding hydrogens is 259 g/mol. The molecule has 0 saturated heterocycles. The molecule has 0 fully saturated rings. The molecule has 1 rings (SSSR count). The molecule has 0 bridgehead atoms. The van der Waals surface area contributed by atoms with E-state index in [0.29, 0.717) is 17.9 Å². The van der Waals surface area contributed by atoms with E-state index in [-0.39, 0.29) is 18.8 Å². The third-order valence-corrected chi connectivity index (χ3v) is 2.63. The van der Waals surface area contributed by atoms with Crippen LogP contribution in [0, 0.1) is 0 Å². The van der Waals surface area contributed by atoms with Crippen molar-refractivity contribution in [2.75, 3.05) is 19.7 Å². The predicted molar refractivity (Wildman–Crippen MR) is 66.3 cm³/mol. The lowest BCUT2D eigenvalue weighted by Gasteiger charge is -2.22. The van der Waals surface area contributed by atoms with Crippen LogP contribution in [0.4, 0.5) is 13.2 Å². The number of phenols is 1. The molecule has 3 nitrogen and oxygen atoms in total. The van der Waals surface area contributed by atoms with E-state index in [4.69, 9.17) is 4.74 Å². The minimum atomic E-state index is -4.25. The Morgan fingerprint density at radius 1 is 1.26 bits per heavy atom. The second-order valence-electron chi connectivity index (χ2n) is 4.12. The fourth-order valence-electron chi connectivity index (χ4n) is 1.74. The highest BCUT2D eigenvalue weighted by atomic mass is 19.4. The fourth-order valence-corrected chi connectivity index (χ4v) is 1.74. The number of para-hydroxylation sites is 1. The molecule has 0 aliphatic heterocycles. The van der Waals surface area contributed by atoms with Crippen LogP contribution in [0.5, 0.6) is 11.5 Å². The largest absolute Gasteiger partial charge is 0.504 e. The number of hydrogen-bond acceptors (Lipinski definition) is 3. The number of phenolic OH excluding ortho intramolecular Hbond substituents is 1. The Morgan fingerprint density at radius 3 is 2.47 bits per heavy atom. The zero-order valence-corrected chi connectivity index (χ0v) is 11.0. The smallest absolute Gasteiger partial charge is 0.401 e.